The fourth-order valence-electron chi connectivity index (χ4n) is 4.26. The van der Waals surface area contributed by atoms with Gasteiger partial charge < -0.3 is 0 Å². The van der Waals surface area contributed by atoms with Crippen LogP contribution < -0.4 is 4.72 Å². The average molecular weight is 416 g/mol. The van der Waals surface area contributed by atoms with E-state index < -0.39 is 20.0 Å². The van der Waals surface area contributed by atoms with Gasteiger partial charge in [0.25, 0.3) is 0 Å². The standard InChI is InChI=1S/C18H29N3O4S2/c1-3-27(24,25)21(13-10-19-26(2,22)23)16-9-12-20-11-8-15-6-4-5-7-17(15)18(20)14-16/h4-7,16,18-19H,3,8-14H2,1-2H3/t16-,18+/m0/s1. The van der Waals surface area contributed by atoms with Crippen LogP contribution >= 0.6 is 0 Å². The van der Waals surface area contributed by atoms with Gasteiger partial charge in [0, 0.05) is 38.3 Å². The summed E-state index contributed by atoms with van der Waals surface area (Å²) in [4.78, 5) is 2.45. The SMILES string of the molecule is CCS(=O)(=O)N(CCNS(C)(=O)=O)[C@H]1CCN2CCc3ccccc3[C@H]2C1. The van der Waals surface area contributed by atoms with Gasteiger partial charge in [0.05, 0.1) is 12.0 Å². The lowest BCUT2D eigenvalue weighted by Crippen LogP contribution is -2.52. The predicted molar refractivity (Wildman–Crippen MR) is 106 cm³/mol. The molecule has 3 rings (SSSR count). The Balaban J connectivity index is 1.80. The maximum absolute atomic E-state index is 12.7. The molecule has 1 fully saturated rings. The normalized spacial score (nSPS) is 23.8. The van der Waals surface area contributed by atoms with Crippen molar-refractivity contribution in [2.45, 2.75) is 38.3 Å². The van der Waals surface area contributed by atoms with Crippen molar-refractivity contribution in [2.75, 3.05) is 38.2 Å². The van der Waals surface area contributed by atoms with Gasteiger partial charge in [0.2, 0.25) is 20.0 Å². The largest absolute Gasteiger partial charge is 0.296 e. The van der Waals surface area contributed by atoms with Crippen LogP contribution in [-0.2, 0) is 26.5 Å². The maximum atomic E-state index is 12.7. The summed E-state index contributed by atoms with van der Waals surface area (Å²) in [6.45, 7) is 3.77. The van der Waals surface area contributed by atoms with Gasteiger partial charge >= 0.3 is 0 Å². The Labute approximate surface area is 162 Å². The van der Waals surface area contributed by atoms with E-state index in [0.29, 0.717) is 0 Å². The third-order valence-corrected chi connectivity index (χ3v) is 8.25. The Morgan fingerprint density at radius 3 is 2.63 bits per heavy atom. The topological polar surface area (TPSA) is 86.8 Å². The molecule has 7 nitrogen and oxygen atoms in total. The molecule has 2 atom stereocenters. The number of sulfonamides is 2. The molecule has 1 N–H and O–H groups in total. The summed E-state index contributed by atoms with van der Waals surface area (Å²) in [6.07, 6.45) is 3.64. The van der Waals surface area contributed by atoms with Crippen LogP contribution in [0.3, 0.4) is 0 Å². The van der Waals surface area contributed by atoms with Gasteiger partial charge in [-0.25, -0.2) is 21.6 Å². The van der Waals surface area contributed by atoms with Gasteiger partial charge in [-0.2, -0.15) is 4.31 Å². The summed E-state index contributed by atoms with van der Waals surface area (Å²) >= 11 is 0. The van der Waals surface area contributed by atoms with E-state index in [1.165, 1.54) is 15.4 Å². The second-order valence-electron chi connectivity index (χ2n) is 7.36. The van der Waals surface area contributed by atoms with Crippen molar-refractivity contribution in [3.63, 3.8) is 0 Å². The lowest BCUT2D eigenvalue weighted by atomic mass is 9.85. The molecule has 2 heterocycles. The second-order valence-corrected chi connectivity index (χ2v) is 11.4. The van der Waals surface area contributed by atoms with Gasteiger partial charge in [-0.1, -0.05) is 24.3 Å². The quantitative estimate of drug-likeness (QED) is 0.716. The highest BCUT2D eigenvalue weighted by atomic mass is 32.2. The Hall–Kier alpha value is -1.00. The van der Waals surface area contributed by atoms with E-state index in [1.807, 2.05) is 6.07 Å². The van der Waals surface area contributed by atoms with E-state index in [4.69, 9.17) is 0 Å². The zero-order valence-corrected chi connectivity index (χ0v) is 17.6. The van der Waals surface area contributed by atoms with E-state index >= 15 is 0 Å². The first-order chi connectivity index (χ1) is 12.7. The van der Waals surface area contributed by atoms with E-state index in [9.17, 15) is 16.8 Å². The highest BCUT2D eigenvalue weighted by Gasteiger charge is 2.38. The van der Waals surface area contributed by atoms with E-state index in [2.05, 4.69) is 27.8 Å². The Bertz CT molecular complexity index is 870. The number of fused-ring (bicyclic) bond motifs is 3. The number of hydrogen-bond donors (Lipinski definition) is 1. The number of nitrogens with one attached hydrogen (secondary N) is 1. The van der Waals surface area contributed by atoms with Crippen molar-refractivity contribution in [3.8, 4) is 0 Å². The van der Waals surface area contributed by atoms with Crippen molar-refractivity contribution in [1.29, 1.82) is 0 Å². The summed E-state index contributed by atoms with van der Waals surface area (Å²) in [5, 5.41) is 0. The fourth-order valence-corrected chi connectivity index (χ4v) is 6.06. The molecule has 2 aliphatic heterocycles. The third kappa shape index (κ3) is 4.89. The molecule has 1 saturated heterocycles. The van der Waals surface area contributed by atoms with E-state index in [1.54, 1.807) is 6.92 Å². The molecule has 0 spiro atoms. The van der Waals surface area contributed by atoms with Crippen LogP contribution in [0.4, 0.5) is 0 Å². The zero-order chi connectivity index (χ0) is 19.7. The molecule has 0 saturated carbocycles. The molecule has 27 heavy (non-hydrogen) atoms. The van der Waals surface area contributed by atoms with Crippen molar-refractivity contribution in [3.05, 3.63) is 35.4 Å². The smallest absolute Gasteiger partial charge is 0.214 e. The third-order valence-electron chi connectivity index (χ3n) is 5.59. The molecule has 2 aliphatic rings. The summed E-state index contributed by atoms with van der Waals surface area (Å²) in [5.41, 5.74) is 2.65. The molecule has 1 aromatic carbocycles. The molecule has 1 aromatic rings. The van der Waals surface area contributed by atoms with Crippen molar-refractivity contribution < 1.29 is 16.8 Å². The van der Waals surface area contributed by atoms with Crippen molar-refractivity contribution in [2.24, 2.45) is 0 Å². The lowest BCUT2D eigenvalue weighted by molar-refractivity contribution is 0.0911. The molecule has 0 radical (unpaired) electrons. The Kier molecular flexibility index (Phi) is 6.27. The first-order valence-electron chi connectivity index (χ1n) is 9.47. The van der Waals surface area contributed by atoms with Crippen LogP contribution in [-0.4, -0.2) is 70.3 Å². The highest BCUT2D eigenvalue weighted by molar-refractivity contribution is 7.89. The van der Waals surface area contributed by atoms with Crippen molar-refractivity contribution in [1.82, 2.24) is 13.9 Å². The Morgan fingerprint density at radius 1 is 1.19 bits per heavy atom. The summed E-state index contributed by atoms with van der Waals surface area (Å²) in [6, 6.07) is 8.53. The Morgan fingerprint density at radius 2 is 1.93 bits per heavy atom. The van der Waals surface area contributed by atoms with Crippen LogP contribution in [0, 0.1) is 0 Å². The van der Waals surface area contributed by atoms with Crippen LogP contribution in [0.5, 0.6) is 0 Å². The maximum Gasteiger partial charge on any atom is 0.214 e. The van der Waals surface area contributed by atoms with Gasteiger partial charge in [0.1, 0.15) is 0 Å². The minimum absolute atomic E-state index is 0.0212. The molecule has 0 bridgehead atoms. The summed E-state index contributed by atoms with van der Waals surface area (Å²) in [5.74, 6) is 0.0212. The highest BCUT2D eigenvalue weighted by Crippen LogP contribution is 2.38. The number of piperidine rings is 1. The second kappa shape index (κ2) is 8.16. The lowest BCUT2D eigenvalue weighted by Gasteiger charge is -2.46. The van der Waals surface area contributed by atoms with Gasteiger partial charge in [-0.3, -0.25) is 4.90 Å². The minimum atomic E-state index is -3.41. The zero-order valence-electron chi connectivity index (χ0n) is 16.0. The van der Waals surface area contributed by atoms with E-state index in [0.717, 1.165) is 38.6 Å². The predicted octanol–water partition coefficient (Wildman–Crippen LogP) is 0.949. The van der Waals surface area contributed by atoms with Crippen LogP contribution in [0.25, 0.3) is 0 Å². The molecule has 152 valence electrons. The molecule has 0 aromatic heterocycles. The molecular weight excluding hydrogens is 386 g/mol. The summed E-state index contributed by atoms with van der Waals surface area (Å²) in [7, 11) is -6.75. The summed E-state index contributed by atoms with van der Waals surface area (Å²) < 4.78 is 52.0. The number of hydrogen-bond acceptors (Lipinski definition) is 5. The van der Waals surface area contributed by atoms with Crippen molar-refractivity contribution >= 4 is 20.0 Å². The van der Waals surface area contributed by atoms with E-state index in [-0.39, 0.29) is 30.9 Å². The van der Waals surface area contributed by atoms with Gasteiger partial charge in [-0.15, -0.1) is 0 Å². The molecule has 0 unspecified atom stereocenters. The number of benzene rings is 1. The van der Waals surface area contributed by atoms with Gasteiger partial charge in [0.15, 0.2) is 0 Å². The monoisotopic (exact) mass is 415 g/mol. The first kappa shape index (κ1) is 20.7. The molecule has 9 heteroatoms. The van der Waals surface area contributed by atoms with Crippen LogP contribution in [0.15, 0.2) is 24.3 Å². The number of rotatable bonds is 7. The molecular formula is C18H29N3O4S2. The van der Waals surface area contributed by atoms with Crippen LogP contribution in [0.1, 0.15) is 36.9 Å². The minimum Gasteiger partial charge on any atom is -0.296 e. The number of nitrogens with zero attached hydrogens (tertiary/aromatic N) is 2. The van der Waals surface area contributed by atoms with Crippen LogP contribution in [0.2, 0.25) is 0 Å². The fraction of sp³-hybridized carbons (Fsp3) is 0.667. The molecule has 0 amide bonds. The van der Waals surface area contributed by atoms with Gasteiger partial charge in [-0.05, 0) is 37.3 Å². The average Bonchev–Trinajstić information content (AvgIpc) is 2.64. The first-order valence-corrected chi connectivity index (χ1v) is 13.0. The molecule has 0 aliphatic carbocycles.